The second-order valence-corrected chi connectivity index (χ2v) is 10.2. The van der Waals surface area contributed by atoms with Crippen LogP contribution in [0.5, 0.6) is 5.75 Å². The van der Waals surface area contributed by atoms with Gasteiger partial charge in [-0.3, -0.25) is 9.69 Å². The van der Waals surface area contributed by atoms with E-state index in [1.807, 2.05) is 32.0 Å². The Morgan fingerprint density at radius 3 is 2.72 bits per heavy atom. The van der Waals surface area contributed by atoms with Crippen LogP contribution in [0.15, 0.2) is 42.6 Å². The predicted octanol–water partition coefficient (Wildman–Crippen LogP) is 6.05. The molecule has 6 nitrogen and oxygen atoms in total. The van der Waals surface area contributed by atoms with Crippen molar-refractivity contribution in [2.24, 2.45) is 0 Å². The molecule has 1 aliphatic heterocycles. The average Bonchev–Trinajstić information content (AvgIpc) is 2.91. The van der Waals surface area contributed by atoms with E-state index in [9.17, 15) is 4.79 Å². The first-order valence-electron chi connectivity index (χ1n) is 12.6. The van der Waals surface area contributed by atoms with E-state index in [1.165, 1.54) is 11.8 Å². The van der Waals surface area contributed by atoms with Crippen molar-refractivity contribution in [3.8, 4) is 5.75 Å². The van der Waals surface area contributed by atoms with Gasteiger partial charge in [0.25, 0.3) is 5.91 Å². The van der Waals surface area contributed by atoms with Gasteiger partial charge in [-0.1, -0.05) is 41.6 Å². The number of methoxy groups -OCH3 is 1. The number of hydrogen-bond donors (Lipinski definition) is 3. The van der Waals surface area contributed by atoms with Gasteiger partial charge in [0.15, 0.2) is 0 Å². The van der Waals surface area contributed by atoms with Gasteiger partial charge in [-0.25, -0.2) is 0 Å². The maximum Gasteiger partial charge on any atom is 0.252 e. The van der Waals surface area contributed by atoms with E-state index in [0.29, 0.717) is 17.7 Å². The summed E-state index contributed by atoms with van der Waals surface area (Å²) in [6.45, 7) is 7.36. The first kappa shape index (κ1) is 28.2. The third kappa shape index (κ3) is 6.68. The second kappa shape index (κ2) is 13.2. The Hall–Kier alpha value is -2.39. The molecule has 36 heavy (non-hydrogen) atoms. The highest BCUT2D eigenvalue weighted by atomic mass is 127. The summed E-state index contributed by atoms with van der Waals surface area (Å²) < 4.78 is 6.57. The number of likely N-dealkylation sites (tertiary alicyclic amines) is 1. The van der Waals surface area contributed by atoms with Gasteiger partial charge in [0.1, 0.15) is 5.75 Å². The number of aryl methyl sites for hydroxylation is 1. The van der Waals surface area contributed by atoms with Gasteiger partial charge >= 0.3 is 0 Å². The summed E-state index contributed by atoms with van der Waals surface area (Å²) in [6.07, 6.45) is 6.50. The molecular formula is C29H39IN4O2. The topological polar surface area (TPSA) is 77.4 Å². The fourth-order valence-corrected chi connectivity index (χ4v) is 5.90. The molecule has 1 heterocycles. The van der Waals surface area contributed by atoms with Crippen molar-refractivity contribution in [3.63, 3.8) is 0 Å². The summed E-state index contributed by atoms with van der Waals surface area (Å²) in [5.41, 5.74) is 5.50. The quantitative estimate of drug-likeness (QED) is 0.134. The Labute approximate surface area is 229 Å². The predicted molar refractivity (Wildman–Crippen MR) is 158 cm³/mol. The van der Waals surface area contributed by atoms with Gasteiger partial charge in [0.2, 0.25) is 0 Å². The zero-order valence-corrected chi connectivity index (χ0v) is 24.2. The van der Waals surface area contributed by atoms with Crippen LogP contribution in [0.4, 0.5) is 0 Å². The molecule has 194 valence electrons. The number of carbonyl (C=O) groups excluding carboxylic acids is 1. The van der Waals surface area contributed by atoms with Crippen molar-refractivity contribution in [3.05, 3.63) is 70.4 Å². The van der Waals surface area contributed by atoms with E-state index in [0.717, 1.165) is 58.2 Å². The molecular weight excluding hydrogens is 563 g/mol. The van der Waals surface area contributed by atoms with E-state index in [1.54, 1.807) is 20.4 Å². The number of nitrogens with one attached hydrogen (secondary N) is 3. The van der Waals surface area contributed by atoms with Crippen LogP contribution in [-0.2, 0) is 0 Å². The van der Waals surface area contributed by atoms with Crippen LogP contribution in [0.25, 0.3) is 5.57 Å². The standard InChI is InChI=1S/C29H39IN4O2/c1-6-26-12-22(9-10-34(26)18-30)21-8-7-19(2)28(15-21)29(35)33-20(3)23-11-24(14-27(13-23)36-5)25(16-31)17-32-4/h7-8,11,13-17,20,22,26,31-32H,6,9-10,12,18H2,1-5H3,(H,33,35)/b25-17+,31-16?/t20-,22?,26-/m1/s1. The minimum absolute atomic E-state index is 0.0685. The molecule has 0 aliphatic carbocycles. The Kier molecular flexibility index (Phi) is 10.4. The maximum atomic E-state index is 13.4. The molecule has 3 atom stereocenters. The first-order chi connectivity index (χ1) is 17.3. The van der Waals surface area contributed by atoms with E-state index >= 15 is 0 Å². The molecule has 1 fully saturated rings. The number of allylic oxidation sites excluding steroid dienone is 1. The molecule has 0 saturated carbocycles. The van der Waals surface area contributed by atoms with E-state index in [2.05, 4.69) is 63.2 Å². The lowest BCUT2D eigenvalue weighted by Gasteiger charge is -2.38. The number of amides is 1. The van der Waals surface area contributed by atoms with Gasteiger partial charge in [0.05, 0.1) is 17.7 Å². The number of piperidine rings is 1. The minimum Gasteiger partial charge on any atom is -0.497 e. The fourth-order valence-electron chi connectivity index (χ4n) is 5.00. The Bertz CT molecular complexity index is 1100. The summed E-state index contributed by atoms with van der Waals surface area (Å²) in [5.74, 6) is 1.10. The molecule has 0 bridgehead atoms. The molecule has 1 saturated heterocycles. The van der Waals surface area contributed by atoms with Crippen molar-refractivity contribution in [1.82, 2.24) is 15.5 Å². The molecule has 2 aromatic carbocycles. The highest BCUT2D eigenvalue weighted by Crippen LogP contribution is 2.34. The molecule has 2 aromatic rings. The smallest absolute Gasteiger partial charge is 0.252 e. The number of alkyl halides is 1. The zero-order valence-electron chi connectivity index (χ0n) is 22.0. The van der Waals surface area contributed by atoms with Crippen LogP contribution in [0.3, 0.4) is 0 Å². The fraction of sp³-hybridized carbons (Fsp3) is 0.448. The monoisotopic (exact) mass is 602 g/mol. The molecule has 7 heteroatoms. The molecule has 0 radical (unpaired) electrons. The van der Waals surface area contributed by atoms with Crippen molar-refractivity contribution in [1.29, 1.82) is 5.41 Å². The summed E-state index contributed by atoms with van der Waals surface area (Å²) in [4.78, 5) is 16.0. The summed E-state index contributed by atoms with van der Waals surface area (Å²) in [6, 6.07) is 12.6. The molecule has 0 aromatic heterocycles. The van der Waals surface area contributed by atoms with E-state index in [4.69, 9.17) is 10.1 Å². The van der Waals surface area contributed by atoms with Gasteiger partial charge in [-0.15, -0.1) is 0 Å². The highest BCUT2D eigenvalue weighted by molar-refractivity contribution is 14.1. The molecule has 1 amide bonds. The van der Waals surface area contributed by atoms with Gasteiger partial charge in [0, 0.05) is 36.6 Å². The van der Waals surface area contributed by atoms with Crippen molar-refractivity contribution in [2.75, 3.05) is 25.3 Å². The average molecular weight is 603 g/mol. The van der Waals surface area contributed by atoms with Crippen molar-refractivity contribution < 1.29 is 9.53 Å². The number of nitrogens with zero attached hydrogens (tertiary/aromatic N) is 1. The van der Waals surface area contributed by atoms with Gasteiger partial charge in [-0.05, 0) is 92.1 Å². The lowest BCUT2D eigenvalue weighted by molar-refractivity contribution is 0.0939. The van der Waals surface area contributed by atoms with Crippen LogP contribution in [0.2, 0.25) is 0 Å². The SMILES string of the molecule is CC[C@@H]1CC(c2ccc(C)c(C(=O)N[C@H](C)c3cc(OC)cc(/C(C=N)=C/NC)c3)c2)CCN1CI. The van der Waals surface area contributed by atoms with E-state index in [-0.39, 0.29) is 11.9 Å². The summed E-state index contributed by atoms with van der Waals surface area (Å²) in [7, 11) is 3.43. The first-order valence-corrected chi connectivity index (χ1v) is 14.2. The number of carbonyl (C=O) groups is 1. The third-order valence-electron chi connectivity index (χ3n) is 7.24. The maximum absolute atomic E-state index is 13.4. The van der Waals surface area contributed by atoms with Crippen LogP contribution in [-0.4, -0.2) is 48.3 Å². The van der Waals surface area contributed by atoms with Crippen molar-refractivity contribution >= 4 is 40.3 Å². The number of benzene rings is 2. The number of ether oxygens (including phenoxy) is 1. The molecule has 0 spiro atoms. The lowest BCUT2D eigenvalue weighted by atomic mass is 9.83. The number of hydrogen-bond acceptors (Lipinski definition) is 5. The highest BCUT2D eigenvalue weighted by Gasteiger charge is 2.28. The van der Waals surface area contributed by atoms with Crippen LogP contribution >= 0.6 is 22.6 Å². The molecule has 3 rings (SSSR count). The Morgan fingerprint density at radius 1 is 1.31 bits per heavy atom. The Morgan fingerprint density at radius 2 is 2.08 bits per heavy atom. The minimum atomic E-state index is -0.229. The van der Waals surface area contributed by atoms with Crippen LogP contribution < -0.4 is 15.4 Å². The molecule has 3 N–H and O–H groups in total. The number of rotatable bonds is 10. The van der Waals surface area contributed by atoms with Crippen LogP contribution in [0, 0.1) is 12.3 Å². The van der Waals surface area contributed by atoms with Gasteiger partial charge in [-0.2, -0.15) is 0 Å². The Balaban J connectivity index is 1.82. The summed E-state index contributed by atoms with van der Waals surface area (Å²) >= 11 is 2.46. The molecule has 1 unspecified atom stereocenters. The largest absolute Gasteiger partial charge is 0.497 e. The lowest BCUT2D eigenvalue weighted by Crippen LogP contribution is -2.40. The van der Waals surface area contributed by atoms with E-state index < -0.39 is 0 Å². The molecule has 1 aliphatic rings. The summed E-state index contributed by atoms with van der Waals surface area (Å²) in [5, 5.41) is 13.9. The van der Waals surface area contributed by atoms with Crippen molar-refractivity contribution in [2.45, 2.75) is 58.0 Å². The normalized spacial score (nSPS) is 19.4. The zero-order chi connectivity index (χ0) is 26.2. The van der Waals surface area contributed by atoms with Crippen LogP contribution in [0.1, 0.15) is 77.7 Å². The second-order valence-electron chi connectivity index (χ2n) is 9.51. The van der Waals surface area contributed by atoms with Gasteiger partial charge < -0.3 is 20.8 Å². The third-order valence-corrected chi connectivity index (χ3v) is 8.12. The number of halogens is 1.